The zero-order valence-corrected chi connectivity index (χ0v) is 17.9. The summed E-state index contributed by atoms with van der Waals surface area (Å²) in [6.07, 6.45) is 0. The first-order valence-corrected chi connectivity index (χ1v) is 10.8. The second-order valence-corrected chi connectivity index (χ2v) is 8.29. The quantitative estimate of drug-likeness (QED) is 0.275. The van der Waals surface area contributed by atoms with Crippen molar-refractivity contribution < 1.29 is 19.4 Å². The number of hydrogen-bond acceptors (Lipinski definition) is 6. The highest BCUT2D eigenvalue weighted by atomic mass is 32.1. The zero-order valence-electron chi connectivity index (χ0n) is 17.1. The minimum absolute atomic E-state index is 0.0220. The fraction of sp³-hybridized carbons (Fsp3) is 0.0800. The van der Waals surface area contributed by atoms with Crippen LogP contribution in [0, 0.1) is 0 Å². The van der Waals surface area contributed by atoms with Gasteiger partial charge in [-0.2, -0.15) is 0 Å². The average molecular weight is 442 g/mol. The van der Waals surface area contributed by atoms with Crippen molar-refractivity contribution in [2.24, 2.45) is 0 Å². The normalized spacial score (nSPS) is 17.8. The summed E-state index contributed by atoms with van der Waals surface area (Å²) in [5.41, 5.74) is 1.86. The molecule has 32 heavy (non-hydrogen) atoms. The standard InChI is InChI=1S/C25H18N2O4S/c1-31-17-11-7-10-16(14-17)21-20(22(28)15-8-3-2-4-9-15)23(29)24(30)27(21)25-26-18-12-5-6-13-19(18)32-25/h2-14,21,28H,1H3/t21-/m1/s1. The molecule has 5 rings (SSSR count). The monoisotopic (exact) mass is 442 g/mol. The Bertz CT molecular complexity index is 1340. The Balaban J connectivity index is 1.75. The van der Waals surface area contributed by atoms with E-state index in [4.69, 9.17) is 4.74 Å². The first-order valence-electron chi connectivity index (χ1n) is 9.94. The zero-order chi connectivity index (χ0) is 22.2. The van der Waals surface area contributed by atoms with Crippen molar-refractivity contribution in [3.63, 3.8) is 0 Å². The molecule has 1 N–H and O–H groups in total. The van der Waals surface area contributed by atoms with Gasteiger partial charge >= 0.3 is 5.91 Å². The maximum absolute atomic E-state index is 13.2. The number of ketones is 1. The number of aliphatic hydroxyl groups is 1. The van der Waals surface area contributed by atoms with Crippen molar-refractivity contribution >= 4 is 44.1 Å². The van der Waals surface area contributed by atoms with Gasteiger partial charge in [0.25, 0.3) is 5.78 Å². The van der Waals surface area contributed by atoms with Crippen molar-refractivity contribution in [2.45, 2.75) is 6.04 Å². The van der Waals surface area contributed by atoms with E-state index in [9.17, 15) is 14.7 Å². The Hall–Kier alpha value is -3.97. The van der Waals surface area contributed by atoms with Gasteiger partial charge in [0.15, 0.2) is 5.13 Å². The number of aliphatic hydroxyl groups excluding tert-OH is 1. The van der Waals surface area contributed by atoms with Gasteiger partial charge in [0.05, 0.1) is 28.9 Å². The summed E-state index contributed by atoms with van der Waals surface area (Å²) in [5, 5.41) is 11.5. The molecule has 158 valence electrons. The highest BCUT2D eigenvalue weighted by Crippen LogP contribution is 2.44. The molecule has 1 aliphatic heterocycles. The van der Waals surface area contributed by atoms with E-state index in [0.29, 0.717) is 22.0 Å². The minimum Gasteiger partial charge on any atom is -0.507 e. The van der Waals surface area contributed by atoms with Crippen LogP contribution in [0.5, 0.6) is 5.75 Å². The molecular weight excluding hydrogens is 424 g/mol. The summed E-state index contributed by atoms with van der Waals surface area (Å²) in [6.45, 7) is 0. The topological polar surface area (TPSA) is 79.7 Å². The molecule has 1 aromatic heterocycles. The fourth-order valence-electron chi connectivity index (χ4n) is 3.87. The van der Waals surface area contributed by atoms with E-state index in [2.05, 4.69) is 4.98 Å². The van der Waals surface area contributed by atoms with Crippen LogP contribution in [0.4, 0.5) is 5.13 Å². The van der Waals surface area contributed by atoms with Crippen LogP contribution in [-0.2, 0) is 9.59 Å². The molecule has 0 bridgehead atoms. The lowest BCUT2D eigenvalue weighted by atomic mass is 9.95. The van der Waals surface area contributed by atoms with Gasteiger partial charge in [-0.05, 0) is 29.8 Å². The summed E-state index contributed by atoms with van der Waals surface area (Å²) in [7, 11) is 1.55. The first kappa shape index (κ1) is 20.0. The van der Waals surface area contributed by atoms with E-state index in [-0.39, 0.29) is 11.3 Å². The molecular formula is C25H18N2O4S. The Morgan fingerprint density at radius 1 is 1.00 bits per heavy atom. The summed E-state index contributed by atoms with van der Waals surface area (Å²) in [4.78, 5) is 32.4. The smallest absolute Gasteiger partial charge is 0.301 e. The number of amides is 1. The van der Waals surface area contributed by atoms with Crippen LogP contribution < -0.4 is 9.64 Å². The number of carbonyl (C=O) groups is 2. The molecule has 1 amide bonds. The van der Waals surface area contributed by atoms with E-state index in [1.165, 1.54) is 16.2 Å². The molecule has 0 aliphatic carbocycles. The number of carbonyl (C=O) groups excluding carboxylic acids is 2. The molecule has 7 heteroatoms. The van der Waals surface area contributed by atoms with Crippen LogP contribution in [-0.4, -0.2) is 28.9 Å². The fourth-order valence-corrected chi connectivity index (χ4v) is 4.86. The van der Waals surface area contributed by atoms with Gasteiger partial charge in [-0.15, -0.1) is 0 Å². The number of methoxy groups -OCH3 is 1. The van der Waals surface area contributed by atoms with Crippen molar-refractivity contribution in [3.8, 4) is 5.75 Å². The third-order valence-electron chi connectivity index (χ3n) is 5.39. The van der Waals surface area contributed by atoms with Gasteiger partial charge in [0, 0.05) is 5.56 Å². The maximum Gasteiger partial charge on any atom is 0.301 e. The van der Waals surface area contributed by atoms with Crippen LogP contribution >= 0.6 is 11.3 Å². The van der Waals surface area contributed by atoms with E-state index >= 15 is 0 Å². The lowest BCUT2D eigenvalue weighted by Gasteiger charge is -2.23. The van der Waals surface area contributed by atoms with Crippen molar-refractivity contribution in [1.82, 2.24) is 4.98 Å². The largest absolute Gasteiger partial charge is 0.507 e. The summed E-state index contributed by atoms with van der Waals surface area (Å²) >= 11 is 1.32. The predicted molar refractivity (Wildman–Crippen MR) is 124 cm³/mol. The number of para-hydroxylation sites is 1. The third kappa shape index (κ3) is 3.23. The Kier molecular flexibility index (Phi) is 4.95. The second kappa shape index (κ2) is 7.94. The van der Waals surface area contributed by atoms with E-state index in [0.717, 1.165) is 10.2 Å². The molecule has 2 heterocycles. The van der Waals surface area contributed by atoms with Gasteiger partial charge in [0.1, 0.15) is 11.5 Å². The van der Waals surface area contributed by atoms with Gasteiger partial charge in [0.2, 0.25) is 0 Å². The predicted octanol–water partition coefficient (Wildman–Crippen LogP) is 4.93. The van der Waals surface area contributed by atoms with E-state index in [1.54, 1.807) is 55.6 Å². The molecule has 3 aromatic carbocycles. The molecule has 0 radical (unpaired) electrons. The third-order valence-corrected chi connectivity index (χ3v) is 6.43. The molecule has 1 atom stereocenters. The number of anilines is 1. The van der Waals surface area contributed by atoms with Crippen LogP contribution in [0.3, 0.4) is 0 Å². The van der Waals surface area contributed by atoms with E-state index < -0.39 is 17.7 Å². The molecule has 0 saturated carbocycles. The number of fused-ring (bicyclic) bond motifs is 1. The van der Waals surface area contributed by atoms with Gasteiger partial charge < -0.3 is 9.84 Å². The van der Waals surface area contributed by atoms with Crippen LogP contribution in [0.2, 0.25) is 0 Å². The van der Waals surface area contributed by atoms with Crippen LogP contribution in [0.25, 0.3) is 16.0 Å². The molecule has 0 spiro atoms. The molecule has 4 aromatic rings. The van der Waals surface area contributed by atoms with Gasteiger partial charge in [-0.1, -0.05) is 65.9 Å². The maximum atomic E-state index is 13.2. The Morgan fingerprint density at radius 3 is 2.50 bits per heavy atom. The number of Topliss-reactive ketones (excluding diaryl/α,β-unsaturated/α-hetero) is 1. The average Bonchev–Trinajstić information content (AvgIpc) is 3.37. The van der Waals surface area contributed by atoms with E-state index in [1.807, 2.05) is 30.3 Å². The van der Waals surface area contributed by atoms with Gasteiger partial charge in [-0.3, -0.25) is 14.5 Å². The highest BCUT2D eigenvalue weighted by molar-refractivity contribution is 7.22. The number of thiazole rings is 1. The number of rotatable bonds is 4. The molecule has 1 saturated heterocycles. The molecule has 1 aliphatic rings. The second-order valence-electron chi connectivity index (χ2n) is 7.28. The molecule has 6 nitrogen and oxygen atoms in total. The van der Waals surface area contributed by atoms with Gasteiger partial charge in [-0.25, -0.2) is 4.98 Å². The lowest BCUT2D eigenvalue weighted by molar-refractivity contribution is -0.132. The number of hydrogen-bond donors (Lipinski definition) is 1. The number of ether oxygens (including phenoxy) is 1. The molecule has 1 fully saturated rings. The van der Waals surface area contributed by atoms with Crippen molar-refractivity contribution in [1.29, 1.82) is 0 Å². The Morgan fingerprint density at radius 2 is 1.75 bits per heavy atom. The summed E-state index contributed by atoms with van der Waals surface area (Å²) < 4.78 is 6.26. The minimum atomic E-state index is -0.842. The Labute approximate surface area is 188 Å². The summed E-state index contributed by atoms with van der Waals surface area (Å²) in [5.74, 6) is -1.12. The van der Waals surface area contributed by atoms with Crippen LogP contribution in [0.1, 0.15) is 17.2 Å². The lowest BCUT2D eigenvalue weighted by Crippen LogP contribution is -2.29. The number of nitrogens with zero attached hydrogens (tertiary/aromatic N) is 2. The van der Waals surface area contributed by atoms with Crippen molar-refractivity contribution in [2.75, 3.05) is 12.0 Å². The van der Waals surface area contributed by atoms with Crippen LogP contribution in [0.15, 0.2) is 84.4 Å². The summed E-state index contributed by atoms with van der Waals surface area (Å²) in [6, 6.07) is 22.6. The number of benzene rings is 3. The molecule has 0 unspecified atom stereocenters. The first-order chi connectivity index (χ1) is 15.6. The highest BCUT2D eigenvalue weighted by Gasteiger charge is 2.48. The SMILES string of the molecule is COc1cccc([C@@H]2C(=C(O)c3ccccc3)C(=O)C(=O)N2c2nc3ccccc3s2)c1. The number of aromatic nitrogens is 1. The van der Waals surface area contributed by atoms with Crippen molar-refractivity contribution in [3.05, 3.63) is 95.6 Å².